The number of imidazole rings is 1. The zero-order chi connectivity index (χ0) is 22.1. The quantitative estimate of drug-likeness (QED) is 0.423. The molecule has 0 aliphatic heterocycles. The molecule has 5 aromatic rings. The molecule has 0 spiro atoms. The van der Waals surface area contributed by atoms with Crippen molar-refractivity contribution in [3.63, 3.8) is 0 Å². The molecule has 0 aliphatic rings. The number of amides is 1. The van der Waals surface area contributed by atoms with Gasteiger partial charge in [0.25, 0.3) is 5.91 Å². The number of carbonyl (C=O) groups is 1. The van der Waals surface area contributed by atoms with Gasteiger partial charge in [0.15, 0.2) is 6.61 Å². The maximum Gasteiger partial charge on any atom is 0.258 e. The van der Waals surface area contributed by atoms with Crippen molar-refractivity contribution in [3.8, 4) is 5.75 Å². The maximum absolute atomic E-state index is 13.8. The van der Waals surface area contributed by atoms with Crippen molar-refractivity contribution >= 4 is 27.8 Å². The van der Waals surface area contributed by atoms with E-state index in [1.165, 1.54) is 12.1 Å². The molecule has 3 aromatic carbocycles. The summed E-state index contributed by atoms with van der Waals surface area (Å²) < 4.78 is 27.2. The SMILES string of the molecule is Cn1ccnc1[C@@H](NC(=O)COc1ccc2oc3ccccc3c2c1)c1cccc(F)c1. The van der Waals surface area contributed by atoms with Crippen LogP contribution in [0.5, 0.6) is 5.75 Å². The van der Waals surface area contributed by atoms with Crippen molar-refractivity contribution in [3.05, 3.63) is 96.3 Å². The van der Waals surface area contributed by atoms with Gasteiger partial charge in [-0.15, -0.1) is 0 Å². The van der Waals surface area contributed by atoms with E-state index in [2.05, 4.69) is 10.3 Å². The van der Waals surface area contributed by atoms with Crippen molar-refractivity contribution in [1.29, 1.82) is 0 Å². The van der Waals surface area contributed by atoms with Gasteiger partial charge in [-0.2, -0.15) is 0 Å². The number of rotatable bonds is 6. The molecule has 0 aliphatic carbocycles. The van der Waals surface area contributed by atoms with E-state index in [1.54, 1.807) is 35.2 Å². The van der Waals surface area contributed by atoms with Crippen LogP contribution in [0.2, 0.25) is 0 Å². The minimum absolute atomic E-state index is 0.197. The molecule has 0 fully saturated rings. The number of para-hydroxylation sites is 1. The molecule has 1 atom stereocenters. The van der Waals surface area contributed by atoms with E-state index >= 15 is 0 Å². The zero-order valence-electron chi connectivity index (χ0n) is 17.3. The number of benzene rings is 3. The molecule has 1 amide bonds. The fourth-order valence-corrected chi connectivity index (χ4v) is 3.78. The second-order valence-electron chi connectivity index (χ2n) is 7.50. The van der Waals surface area contributed by atoms with Gasteiger partial charge in [-0.05, 0) is 42.0 Å². The first-order chi connectivity index (χ1) is 15.6. The predicted molar refractivity (Wildman–Crippen MR) is 119 cm³/mol. The molecule has 160 valence electrons. The lowest BCUT2D eigenvalue weighted by Crippen LogP contribution is -2.34. The standard InChI is InChI=1S/C25H20FN3O3/c1-29-12-11-27-25(29)24(16-5-4-6-17(26)13-16)28-23(30)15-31-18-9-10-22-20(14-18)19-7-2-3-8-21(19)32-22/h2-14,24H,15H2,1H3,(H,28,30)/t24-/m0/s1. The molecule has 32 heavy (non-hydrogen) atoms. The number of halogens is 1. The van der Waals surface area contributed by atoms with Crippen LogP contribution < -0.4 is 10.1 Å². The van der Waals surface area contributed by atoms with Crippen LogP contribution >= 0.6 is 0 Å². The van der Waals surface area contributed by atoms with Crippen LogP contribution in [0.15, 0.2) is 83.5 Å². The van der Waals surface area contributed by atoms with Gasteiger partial charge in [0.05, 0.1) is 0 Å². The van der Waals surface area contributed by atoms with Crippen molar-refractivity contribution in [2.24, 2.45) is 7.05 Å². The first-order valence-corrected chi connectivity index (χ1v) is 10.1. The highest BCUT2D eigenvalue weighted by atomic mass is 19.1. The Hall–Kier alpha value is -4.13. The molecular formula is C25H20FN3O3. The van der Waals surface area contributed by atoms with Gasteiger partial charge >= 0.3 is 0 Å². The van der Waals surface area contributed by atoms with Crippen LogP contribution in [-0.2, 0) is 11.8 Å². The smallest absolute Gasteiger partial charge is 0.258 e. The molecule has 2 heterocycles. The third-order valence-electron chi connectivity index (χ3n) is 5.32. The normalized spacial score (nSPS) is 12.2. The minimum Gasteiger partial charge on any atom is -0.484 e. The highest BCUT2D eigenvalue weighted by Gasteiger charge is 2.21. The van der Waals surface area contributed by atoms with Crippen molar-refractivity contribution in [2.45, 2.75) is 6.04 Å². The number of carbonyl (C=O) groups excluding carboxylic acids is 1. The van der Waals surface area contributed by atoms with Gasteiger partial charge in [0, 0.05) is 30.2 Å². The molecule has 0 unspecified atom stereocenters. The lowest BCUT2D eigenvalue weighted by atomic mass is 10.1. The van der Waals surface area contributed by atoms with Crippen LogP contribution in [0.25, 0.3) is 21.9 Å². The maximum atomic E-state index is 13.8. The number of fused-ring (bicyclic) bond motifs is 3. The summed E-state index contributed by atoms with van der Waals surface area (Å²) >= 11 is 0. The molecule has 7 heteroatoms. The van der Waals surface area contributed by atoms with Crippen LogP contribution in [0, 0.1) is 5.82 Å². The molecule has 1 N–H and O–H groups in total. The Morgan fingerprint density at radius 2 is 1.94 bits per heavy atom. The summed E-state index contributed by atoms with van der Waals surface area (Å²) in [5, 5.41) is 4.81. The average Bonchev–Trinajstić information content (AvgIpc) is 3.39. The minimum atomic E-state index is -0.609. The molecule has 0 bridgehead atoms. The van der Waals surface area contributed by atoms with Crippen molar-refractivity contribution in [2.75, 3.05) is 6.61 Å². The van der Waals surface area contributed by atoms with E-state index in [0.717, 1.165) is 21.9 Å². The van der Waals surface area contributed by atoms with Crippen molar-refractivity contribution < 1.29 is 18.3 Å². The summed E-state index contributed by atoms with van der Waals surface area (Å²) in [6.07, 6.45) is 3.41. The molecule has 2 aromatic heterocycles. The molecule has 0 saturated carbocycles. The molecule has 6 nitrogen and oxygen atoms in total. The van der Waals surface area contributed by atoms with Gasteiger partial charge < -0.3 is 19.0 Å². The van der Waals surface area contributed by atoms with E-state index in [0.29, 0.717) is 17.1 Å². The zero-order valence-corrected chi connectivity index (χ0v) is 17.3. The Labute approximate surface area is 183 Å². The second kappa shape index (κ2) is 8.19. The number of ether oxygens (including phenoxy) is 1. The largest absolute Gasteiger partial charge is 0.484 e. The van der Waals surface area contributed by atoms with Crippen molar-refractivity contribution in [1.82, 2.24) is 14.9 Å². The number of hydrogen-bond acceptors (Lipinski definition) is 4. The summed E-state index contributed by atoms with van der Waals surface area (Å²) in [5.74, 6) is 0.418. The van der Waals surface area contributed by atoms with Gasteiger partial charge in [-0.1, -0.05) is 30.3 Å². The third-order valence-corrected chi connectivity index (χ3v) is 5.32. The monoisotopic (exact) mass is 429 g/mol. The Balaban J connectivity index is 1.34. The number of nitrogens with zero attached hydrogens (tertiary/aromatic N) is 2. The number of hydrogen-bond donors (Lipinski definition) is 1. The first-order valence-electron chi connectivity index (χ1n) is 10.1. The molecule has 5 rings (SSSR count). The summed E-state index contributed by atoms with van der Waals surface area (Å²) in [5.41, 5.74) is 2.15. The number of aryl methyl sites for hydroxylation is 1. The second-order valence-corrected chi connectivity index (χ2v) is 7.50. The van der Waals surface area contributed by atoms with Gasteiger partial charge in [0.1, 0.15) is 34.6 Å². The van der Waals surface area contributed by atoms with Gasteiger partial charge in [0.2, 0.25) is 0 Å². The van der Waals surface area contributed by atoms with E-state index in [1.807, 2.05) is 43.4 Å². The lowest BCUT2D eigenvalue weighted by Gasteiger charge is -2.19. The Bertz CT molecular complexity index is 1420. The molecule has 0 radical (unpaired) electrons. The van der Waals surface area contributed by atoms with Crippen LogP contribution in [0.4, 0.5) is 4.39 Å². The predicted octanol–water partition coefficient (Wildman–Crippen LogP) is 4.74. The van der Waals surface area contributed by atoms with E-state index in [-0.39, 0.29) is 18.3 Å². The number of furan rings is 1. The number of nitrogens with one attached hydrogen (secondary N) is 1. The summed E-state index contributed by atoms with van der Waals surface area (Å²) in [7, 11) is 1.82. The fraction of sp³-hybridized carbons (Fsp3) is 0.120. The Morgan fingerprint density at radius 1 is 1.09 bits per heavy atom. The lowest BCUT2D eigenvalue weighted by molar-refractivity contribution is -0.123. The topological polar surface area (TPSA) is 69.3 Å². The average molecular weight is 429 g/mol. The Kier molecular flexibility index (Phi) is 5.07. The van der Waals surface area contributed by atoms with E-state index in [9.17, 15) is 9.18 Å². The van der Waals surface area contributed by atoms with E-state index < -0.39 is 6.04 Å². The van der Waals surface area contributed by atoms with Gasteiger partial charge in [-0.25, -0.2) is 9.37 Å². The molecule has 0 saturated heterocycles. The summed E-state index contributed by atoms with van der Waals surface area (Å²) in [4.78, 5) is 17.1. The molecular weight excluding hydrogens is 409 g/mol. The highest BCUT2D eigenvalue weighted by Crippen LogP contribution is 2.31. The summed E-state index contributed by atoms with van der Waals surface area (Å²) in [6.45, 7) is -0.197. The van der Waals surface area contributed by atoms with Crippen LogP contribution in [-0.4, -0.2) is 22.1 Å². The summed E-state index contributed by atoms with van der Waals surface area (Å²) in [6, 6.07) is 18.7. The van der Waals surface area contributed by atoms with Crippen LogP contribution in [0.1, 0.15) is 17.4 Å². The third kappa shape index (κ3) is 3.80. The Morgan fingerprint density at radius 3 is 2.75 bits per heavy atom. The van der Waals surface area contributed by atoms with Gasteiger partial charge in [-0.3, -0.25) is 4.79 Å². The fourth-order valence-electron chi connectivity index (χ4n) is 3.78. The highest BCUT2D eigenvalue weighted by molar-refractivity contribution is 6.05. The van der Waals surface area contributed by atoms with Crippen LogP contribution in [0.3, 0.4) is 0 Å². The van der Waals surface area contributed by atoms with E-state index in [4.69, 9.17) is 9.15 Å². The first kappa shape index (κ1) is 19.8. The number of aromatic nitrogens is 2.